The highest BCUT2D eigenvalue weighted by atomic mass is 16.1. The molecule has 6 nitrogen and oxygen atoms in total. The van der Waals surface area contributed by atoms with Crippen LogP contribution in [0, 0.1) is 0 Å². The number of carbonyl (C=O) groups excluding carboxylic acids is 1. The first kappa shape index (κ1) is 13.5. The van der Waals surface area contributed by atoms with Gasteiger partial charge in [-0.2, -0.15) is 5.10 Å². The van der Waals surface area contributed by atoms with E-state index >= 15 is 0 Å². The standard InChI is InChI=1S/C15H17N5O/c16-13(21)10-14-18-15(11-4-2-1-3-5-11)20(19-14)12-6-8-17-9-7-12/h1-2,6-9,11H,3-5,10H2,(H2,16,21). The van der Waals surface area contributed by atoms with Gasteiger partial charge in [-0.15, -0.1) is 0 Å². The molecule has 0 saturated carbocycles. The first-order valence-electron chi connectivity index (χ1n) is 7.03. The number of rotatable bonds is 4. The molecule has 0 saturated heterocycles. The summed E-state index contributed by atoms with van der Waals surface area (Å²) in [5.41, 5.74) is 6.15. The van der Waals surface area contributed by atoms with Gasteiger partial charge in [0.25, 0.3) is 0 Å². The van der Waals surface area contributed by atoms with Gasteiger partial charge in [-0.3, -0.25) is 9.78 Å². The van der Waals surface area contributed by atoms with Crippen LogP contribution in [0.25, 0.3) is 5.69 Å². The summed E-state index contributed by atoms with van der Waals surface area (Å²) >= 11 is 0. The zero-order valence-corrected chi connectivity index (χ0v) is 11.6. The lowest BCUT2D eigenvalue weighted by Crippen LogP contribution is -2.14. The molecule has 1 amide bonds. The molecule has 0 radical (unpaired) electrons. The summed E-state index contributed by atoms with van der Waals surface area (Å²) in [4.78, 5) is 19.7. The van der Waals surface area contributed by atoms with E-state index in [1.54, 1.807) is 12.4 Å². The summed E-state index contributed by atoms with van der Waals surface area (Å²) < 4.78 is 1.81. The molecule has 1 atom stereocenters. The number of aromatic nitrogens is 4. The Morgan fingerprint density at radius 3 is 2.81 bits per heavy atom. The number of nitrogens with zero attached hydrogens (tertiary/aromatic N) is 4. The first-order valence-corrected chi connectivity index (χ1v) is 7.03. The quantitative estimate of drug-likeness (QED) is 0.862. The number of carbonyl (C=O) groups is 1. The van der Waals surface area contributed by atoms with Crippen LogP contribution in [0.2, 0.25) is 0 Å². The Bertz CT molecular complexity index is 662. The van der Waals surface area contributed by atoms with Crippen LogP contribution < -0.4 is 5.73 Å². The van der Waals surface area contributed by atoms with Gasteiger partial charge in [0.15, 0.2) is 5.82 Å². The van der Waals surface area contributed by atoms with Gasteiger partial charge in [0.2, 0.25) is 5.91 Å². The number of hydrogen-bond donors (Lipinski definition) is 1. The van der Waals surface area contributed by atoms with E-state index in [0.29, 0.717) is 11.7 Å². The topological polar surface area (TPSA) is 86.7 Å². The highest BCUT2D eigenvalue weighted by molar-refractivity contribution is 5.75. The number of primary amides is 1. The molecule has 2 N–H and O–H groups in total. The van der Waals surface area contributed by atoms with Crippen molar-refractivity contribution in [3.63, 3.8) is 0 Å². The maximum absolute atomic E-state index is 11.1. The highest BCUT2D eigenvalue weighted by Crippen LogP contribution is 2.29. The van der Waals surface area contributed by atoms with E-state index in [4.69, 9.17) is 5.73 Å². The summed E-state index contributed by atoms with van der Waals surface area (Å²) in [7, 11) is 0. The molecule has 2 aromatic rings. The molecule has 0 fully saturated rings. The van der Waals surface area contributed by atoms with Crippen molar-refractivity contribution in [1.29, 1.82) is 0 Å². The van der Waals surface area contributed by atoms with Gasteiger partial charge in [-0.1, -0.05) is 12.2 Å². The Morgan fingerprint density at radius 1 is 1.33 bits per heavy atom. The lowest BCUT2D eigenvalue weighted by molar-refractivity contribution is -0.117. The molecule has 1 aliphatic rings. The third-order valence-corrected chi connectivity index (χ3v) is 3.55. The average molecular weight is 283 g/mol. The smallest absolute Gasteiger partial charge is 0.225 e. The minimum Gasteiger partial charge on any atom is -0.369 e. The number of amides is 1. The van der Waals surface area contributed by atoms with Crippen LogP contribution in [0.5, 0.6) is 0 Å². The Balaban J connectivity index is 2.01. The van der Waals surface area contributed by atoms with Gasteiger partial charge < -0.3 is 5.73 Å². The molecule has 1 aliphatic carbocycles. The second-order valence-electron chi connectivity index (χ2n) is 5.13. The third kappa shape index (κ3) is 2.99. The van der Waals surface area contributed by atoms with Crippen LogP contribution in [0.3, 0.4) is 0 Å². The van der Waals surface area contributed by atoms with E-state index in [2.05, 4.69) is 27.2 Å². The fourth-order valence-electron chi connectivity index (χ4n) is 2.57. The van der Waals surface area contributed by atoms with E-state index in [1.807, 2.05) is 16.8 Å². The molecule has 0 spiro atoms. The second kappa shape index (κ2) is 5.87. The monoisotopic (exact) mass is 283 g/mol. The van der Waals surface area contributed by atoms with Gasteiger partial charge in [0.1, 0.15) is 5.82 Å². The fourth-order valence-corrected chi connectivity index (χ4v) is 2.57. The van der Waals surface area contributed by atoms with E-state index in [1.165, 1.54) is 0 Å². The van der Waals surface area contributed by atoms with Crippen molar-refractivity contribution in [3.05, 3.63) is 48.3 Å². The Morgan fingerprint density at radius 2 is 2.14 bits per heavy atom. The predicted molar refractivity (Wildman–Crippen MR) is 77.8 cm³/mol. The molecule has 1 unspecified atom stereocenters. The lowest BCUT2D eigenvalue weighted by Gasteiger charge is -2.17. The molecule has 2 aromatic heterocycles. The number of allylic oxidation sites excluding steroid dienone is 2. The van der Waals surface area contributed by atoms with Crippen LogP contribution in [-0.2, 0) is 11.2 Å². The number of hydrogen-bond acceptors (Lipinski definition) is 4. The van der Waals surface area contributed by atoms with Crippen molar-refractivity contribution in [1.82, 2.24) is 19.7 Å². The van der Waals surface area contributed by atoms with Gasteiger partial charge in [-0.25, -0.2) is 9.67 Å². The largest absolute Gasteiger partial charge is 0.369 e. The second-order valence-corrected chi connectivity index (χ2v) is 5.13. The molecule has 21 heavy (non-hydrogen) atoms. The molecular formula is C15H17N5O. The van der Waals surface area contributed by atoms with E-state index in [-0.39, 0.29) is 6.42 Å². The van der Waals surface area contributed by atoms with Crippen LogP contribution >= 0.6 is 0 Å². The summed E-state index contributed by atoms with van der Waals surface area (Å²) in [6.07, 6.45) is 10.9. The highest BCUT2D eigenvalue weighted by Gasteiger charge is 2.22. The van der Waals surface area contributed by atoms with E-state index < -0.39 is 5.91 Å². The molecule has 2 heterocycles. The summed E-state index contributed by atoms with van der Waals surface area (Å²) in [5, 5.41) is 4.45. The number of pyridine rings is 1. The first-order chi connectivity index (χ1) is 10.2. The molecule has 108 valence electrons. The van der Waals surface area contributed by atoms with Crippen molar-refractivity contribution in [2.24, 2.45) is 5.73 Å². The van der Waals surface area contributed by atoms with Crippen molar-refractivity contribution < 1.29 is 4.79 Å². The lowest BCUT2D eigenvalue weighted by atomic mass is 9.93. The molecule has 3 rings (SSSR count). The van der Waals surface area contributed by atoms with Crippen molar-refractivity contribution >= 4 is 5.91 Å². The zero-order chi connectivity index (χ0) is 14.7. The van der Waals surface area contributed by atoms with Crippen LogP contribution in [0.4, 0.5) is 0 Å². The Labute approximate surface area is 122 Å². The van der Waals surface area contributed by atoms with Gasteiger partial charge in [-0.05, 0) is 31.4 Å². The van der Waals surface area contributed by atoms with Gasteiger partial charge in [0, 0.05) is 18.3 Å². The Kier molecular flexibility index (Phi) is 3.77. The van der Waals surface area contributed by atoms with E-state index in [0.717, 1.165) is 30.8 Å². The number of nitrogens with two attached hydrogens (primary N) is 1. The van der Waals surface area contributed by atoms with Crippen LogP contribution in [0.15, 0.2) is 36.7 Å². The van der Waals surface area contributed by atoms with Crippen molar-refractivity contribution in [2.45, 2.75) is 31.6 Å². The predicted octanol–water partition coefficient (Wildman–Crippen LogP) is 1.51. The third-order valence-electron chi connectivity index (χ3n) is 3.55. The van der Waals surface area contributed by atoms with Gasteiger partial charge in [0.05, 0.1) is 12.1 Å². The molecule has 0 aromatic carbocycles. The maximum atomic E-state index is 11.1. The van der Waals surface area contributed by atoms with Gasteiger partial charge >= 0.3 is 0 Å². The summed E-state index contributed by atoms with van der Waals surface area (Å²) in [6.45, 7) is 0. The van der Waals surface area contributed by atoms with Crippen molar-refractivity contribution in [2.75, 3.05) is 0 Å². The molecular weight excluding hydrogens is 266 g/mol. The summed E-state index contributed by atoms with van der Waals surface area (Å²) in [5.74, 6) is 1.26. The van der Waals surface area contributed by atoms with Crippen LogP contribution in [-0.4, -0.2) is 25.7 Å². The molecule has 0 aliphatic heterocycles. The Hall–Kier alpha value is -2.50. The normalized spacial score (nSPS) is 17.8. The van der Waals surface area contributed by atoms with E-state index in [9.17, 15) is 4.79 Å². The zero-order valence-electron chi connectivity index (χ0n) is 11.6. The maximum Gasteiger partial charge on any atom is 0.225 e. The average Bonchev–Trinajstić information content (AvgIpc) is 2.92. The van der Waals surface area contributed by atoms with Crippen molar-refractivity contribution in [3.8, 4) is 5.69 Å². The fraction of sp³-hybridized carbons (Fsp3) is 0.333. The molecule has 0 bridgehead atoms. The minimum absolute atomic E-state index is 0.0631. The summed E-state index contributed by atoms with van der Waals surface area (Å²) in [6, 6.07) is 3.76. The SMILES string of the molecule is NC(=O)Cc1nc(C2CC=CCC2)n(-c2ccncc2)n1. The minimum atomic E-state index is -0.419. The van der Waals surface area contributed by atoms with Crippen LogP contribution in [0.1, 0.15) is 36.8 Å². The molecule has 6 heteroatoms.